The van der Waals surface area contributed by atoms with Crippen LogP contribution in [0.2, 0.25) is 0 Å². The molecule has 0 aliphatic rings. The van der Waals surface area contributed by atoms with Gasteiger partial charge in [0.15, 0.2) is 0 Å². The lowest BCUT2D eigenvalue weighted by molar-refractivity contribution is -0.385. The standard InChI is InChI=1S/C10H11NO5/c1-16-10(13)6-9(12)7-3-2-4-8(5-7)11(14)15/h2-5,9,12H,6H2,1H3. The van der Waals surface area contributed by atoms with E-state index in [1.807, 2.05) is 0 Å². The van der Waals surface area contributed by atoms with Gasteiger partial charge in [0.05, 0.1) is 24.6 Å². The first-order valence-corrected chi connectivity index (χ1v) is 4.54. The molecule has 0 radical (unpaired) electrons. The molecule has 0 aliphatic heterocycles. The summed E-state index contributed by atoms with van der Waals surface area (Å²) in [6, 6.07) is 5.51. The highest BCUT2D eigenvalue weighted by molar-refractivity contribution is 5.70. The molecule has 1 aromatic rings. The Kier molecular flexibility index (Phi) is 3.96. The number of rotatable bonds is 4. The van der Waals surface area contributed by atoms with Gasteiger partial charge in [-0.1, -0.05) is 12.1 Å². The number of ether oxygens (including phenoxy) is 1. The number of carbonyl (C=O) groups is 1. The Labute approximate surface area is 91.6 Å². The number of nitro groups is 1. The molecule has 0 saturated heterocycles. The van der Waals surface area contributed by atoms with Crippen molar-refractivity contribution >= 4 is 11.7 Å². The minimum Gasteiger partial charge on any atom is -0.469 e. The van der Waals surface area contributed by atoms with Gasteiger partial charge in [0.2, 0.25) is 0 Å². The molecule has 1 aromatic carbocycles. The van der Waals surface area contributed by atoms with Gasteiger partial charge >= 0.3 is 5.97 Å². The van der Waals surface area contributed by atoms with Crippen molar-refractivity contribution in [2.45, 2.75) is 12.5 Å². The summed E-state index contributed by atoms with van der Waals surface area (Å²) in [7, 11) is 1.21. The summed E-state index contributed by atoms with van der Waals surface area (Å²) >= 11 is 0. The Morgan fingerprint density at radius 2 is 2.31 bits per heavy atom. The van der Waals surface area contributed by atoms with Gasteiger partial charge in [-0.2, -0.15) is 0 Å². The second-order valence-electron chi connectivity index (χ2n) is 3.15. The van der Waals surface area contributed by atoms with E-state index in [4.69, 9.17) is 0 Å². The molecule has 1 rings (SSSR count). The monoisotopic (exact) mass is 225 g/mol. The summed E-state index contributed by atoms with van der Waals surface area (Å²) in [4.78, 5) is 20.8. The number of esters is 1. The van der Waals surface area contributed by atoms with Crippen LogP contribution in [0, 0.1) is 10.1 Å². The summed E-state index contributed by atoms with van der Waals surface area (Å²) in [6.07, 6.45) is -1.31. The third-order valence-electron chi connectivity index (χ3n) is 2.05. The molecular weight excluding hydrogens is 214 g/mol. The Morgan fingerprint density at radius 1 is 1.62 bits per heavy atom. The van der Waals surface area contributed by atoms with E-state index < -0.39 is 17.0 Å². The molecule has 1 atom stereocenters. The molecular formula is C10H11NO5. The second kappa shape index (κ2) is 5.22. The zero-order chi connectivity index (χ0) is 12.1. The summed E-state index contributed by atoms with van der Waals surface area (Å²) in [5.41, 5.74) is 0.195. The number of methoxy groups -OCH3 is 1. The molecule has 0 amide bonds. The molecule has 0 heterocycles. The molecule has 1 unspecified atom stereocenters. The molecule has 0 bridgehead atoms. The maximum absolute atomic E-state index is 10.9. The highest BCUT2D eigenvalue weighted by atomic mass is 16.6. The van der Waals surface area contributed by atoms with E-state index >= 15 is 0 Å². The van der Waals surface area contributed by atoms with Crippen molar-refractivity contribution in [3.05, 3.63) is 39.9 Å². The van der Waals surface area contributed by atoms with Crippen molar-refractivity contribution in [1.29, 1.82) is 0 Å². The molecule has 0 saturated carbocycles. The van der Waals surface area contributed by atoms with Crippen LogP contribution in [0.3, 0.4) is 0 Å². The largest absolute Gasteiger partial charge is 0.469 e. The number of aliphatic hydroxyl groups excluding tert-OH is 1. The van der Waals surface area contributed by atoms with E-state index in [0.29, 0.717) is 5.56 Å². The van der Waals surface area contributed by atoms with Crippen molar-refractivity contribution in [3.8, 4) is 0 Å². The molecule has 86 valence electrons. The number of benzene rings is 1. The zero-order valence-corrected chi connectivity index (χ0v) is 8.62. The summed E-state index contributed by atoms with van der Waals surface area (Å²) in [5.74, 6) is -0.570. The number of non-ortho nitro benzene ring substituents is 1. The number of carbonyl (C=O) groups excluding carboxylic acids is 1. The Bertz CT molecular complexity index is 404. The SMILES string of the molecule is COC(=O)CC(O)c1cccc([N+](=O)[O-])c1. The van der Waals surface area contributed by atoms with Crippen LogP contribution in [0.25, 0.3) is 0 Å². The summed E-state index contributed by atoms with van der Waals surface area (Å²) < 4.78 is 4.39. The highest BCUT2D eigenvalue weighted by Crippen LogP contribution is 2.21. The third kappa shape index (κ3) is 3.03. The average Bonchev–Trinajstić information content (AvgIpc) is 2.28. The number of nitro benzene ring substituents is 1. The van der Waals surface area contributed by atoms with Crippen LogP contribution in [-0.2, 0) is 9.53 Å². The van der Waals surface area contributed by atoms with Crippen LogP contribution < -0.4 is 0 Å². The van der Waals surface area contributed by atoms with Crippen molar-refractivity contribution in [3.63, 3.8) is 0 Å². The maximum atomic E-state index is 10.9. The zero-order valence-electron chi connectivity index (χ0n) is 8.62. The first-order chi connectivity index (χ1) is 7.54. The van der Waals surface area contributed by atoms with Crippen molar-refractivity contribution in [2.24, 2.45) is 0 Å². The predicted molar refractivity (Wildman–Crippen MR) is 54.7 cm³/mol. The Balaban J connectivity index is 2.83. The molecule has 0 aliphatic carbocycles. The lowest BCUT2D eigenvalue weighted by Crippen LogP contribution is -2.08. The van der Waals surface area contributed by atoms with E-state index in [9.17, 15) is 20.0 Å². The average molecular weight is 225 g/mol. The summed E-state index contributed by atoms with van der Waals surface area (Å²) in [6.45, 7) is 0. The minimum atomic E-state index is -1.09. The van der Waals surface area contributed by atoms with Gasteiger partial charge in [0.1, 0.15) is 0 Å². The maximum Gasteiger partial charge on any atom is 0.308 e. The van der Waals surface area contributed by atoms with Crippen molar-refractivity contribution in [2.75, 3.05) is 7.11 Å². The van der Waals surface area contributed by atoms with Crippen LogP contribution in [0.15, 0.2) is 24.3 Å². The minimum absolute atomic E-state index is 0.124. The number of nitrogens with zero attached hydrogens (tertiary/aromatic N) is 1. The molecule has 0 aromatic heterocycles. The molecule has 16 heavy (non-hydrogen) atoms. The van der Waals surface area contributed by atoms with Gasteiger partial charge < -0.3 is 9.84 Å². The number of hydrogen-bond donors (Lipinski definition) is 1. The Hall–Kier alpha value is -1.95. The second-order valence-corrected chi connectivity index (χ2v) is 3.15. The van der Waals surface area contributed by atoms with Crippen LogP contribution in [0.4, 0.5) is 5.69 Å². The molecule has 0 fully saturated rings. The predicted octanol–water partition coefficient (Wildman–Crippen LogP) is 1.19. The smallest absolute Gasteiger partial charge is 0.308 e. The molecule has 6 heteroatoms. The van der Waals surface area contributed by atoms with E-state index in [0.717, 1.165) is 0 Å². The quantitative estimate of drug-likeness (QED) is 0.472. The summed E-state index contributed by atoms with van der Waals surface area (Å²) in [5, 5.41) is 20.1. The van der Waals surface area contributed by atoms with Crippen molar-refractivity contribution in [1.82, 2.24) is 0 Å². The highest BCUT2D eigenvalue weighted by Gasteiger charge is 2.15. The molecule has 6 nitrogen and oxygen atoms in total. The third-order valence-corrected chi connectivity index (χ3v) is 2.05. The van der Waals surface area contributed by atoms with E-state index in [1.54, 1.807) is 0 Å². The number of aliphatic hydroxyl groups is 1. The topological polar surface area (TPSA) is 89.7 Å². The normalized spacial score (nSPS) is 11.9. The fourth-order valence-corrected chi connectivity index (χ4v) is 1.20. The fourth-order valence-electron chi connectivity index (χ4n) is 1.20. The lowest BCUT2D eigenvalue weighted by atomic mass is 10.1. The van der Waals surface area contributed by atoms with Gasteiger partial charge in [-0.15, -0.1) is 0 Å². The van der Waals surface area contributed by atoms with Crippen LogP contribution in [0.5, 0.6) is 0 Å². The van der Waals surface area contributed by atoms with Gasteiger partial charge in [-0.05, 0) is 5.56 Å². The first-order valence-electron chi connectivity index (χ1n) is 4.54. The lowest BCUT2D eigenvalue weighted by Gasteiger charge is -2.08. The van der Waals surface area contributed by atoms with Gasteiger partial charge in [-0.3, -0.25) is 14.9 Å². The molecule has 0 spiro atoms. The Morgan fingerprint density at radius 3 is 2.88 bits per heavy atom. The van der Waals surface area contributed by atoms with Crippen LogP contribution in [0.1, 0.15) is 18.1 Å². The number of hydrogen-bond acceptors (Lipinski definition) is 5. The van der Waals surface area contributed by atoms with Gasteiger partial charge in [0.25, 0.3) is 5.69 Å². The fraction of sp³-hybridized carbons (Fsp3) is 0.300. The first kappa shape index (κ1) is 12.1. The molecule has 1 N–H and O–H groups in total. The van der Waals surface area contributed by atoms with Gasteiger partial charge in [0, 0.05) is 12.1 Å². The van der Waals surface area contributed by atoms with E-state index in [2.05, 4.69) is 4.74 Å². The van der Waals surface area contributed by atoms with E-state index in [1.165, 1.54) is 31.4 Å². The van der Waals surface area contributed by atoms with Crippen molar-refractivity contribution < 1.29 is 19.6 Å². The van der Waals surface area contributed by atoms with Gasteiger partial charge in [-0.25, -0.2) is 0 Å². The van der Waals surface area contributed by atoms with Crippen LogP contribution in [-0.4, -0.2) is 23.1 Å². The van der Waals surface area contributed by atoms with E-state index in [-0.39, 0.29) is 12.1 Å². The van der Waals surface area contributed by atoms with Crippen LogP contribution >= 0.6 is 0 Å².